The Kier molecular flexibility index (Phi) is 13.8. The summed E-state index contributed by atoms with van der Waals surface area (Å²) in [6, 6.07) is 6.99. The van der Waals surface area contributed by atoms with E-state index in [0.29, 0.717) is 0 Å². The molecule has 1 aliphatic heterocycles. The Balaban J connectivity index is 1.76. The third-order valence-corrected chi connectivity index (χ3v) is 13.1. The van der Waals surface area contributed by atoms with Crippen molar-refractivity contribution in [1.29, 1.82) is 0 Å². The number of ketones is 1. The number of aliphatic hydroxyl groups is 2. The van der Waals surface area contributed by atoms with Crippen LogP contribution in [0.4, 0.5) is 9.59 Å². The first-order chi connectivity index (χ1) is 28.7. The van der Waals surface area contributed by atoms with Gasteiger partial charge in [-0.3, -0.25) is 4.79 Å². The summed E-state index contributed by atoms with van der Waals surface area (Å²) in [5.74, 6) is -3.74. The molecule has 2 saturated carbocycles. The van der Waals surface area contributed by atoms with Crippen LogP contribution in [0, 0.1) is 22.7 Å². The molecule has 1 aromatic rings. The van der Waals surface area contributed by atoms with Crippen LogP contribution < -0.4 is 5.32 Å². The van der Waals surface area contributed by atoms with E-state index in [4.69, 9.17) is 33.2 Å². The van der Waals surface area contributed by atoms with E-state index >= 15 is 4.79 Å². The van der Waals surface area contributed by atoms with Crippen LogP contribution in [0.1, 0.15) is 98.9 Å². The van der Waals surface area contributed by atoms with Gasteiger partial charge in [-0.05, 0) is 77.2 Å². The van der Waals surface area contributed by atoms with Gasteiger partial charge in [-0.1, -0.05) is 52.5 Å². The zero-order valence-corrected chi connectivity index (χ0v) is 38.4. The molecule has 0 aromatic heterocycles. The van der Waals surface area contributed by atoms with Crippen LogP contribution in [0.2, 0.25) is 0 Å². The van der Waals surface area contributed by atoms with Gasteiger partial charge in [-0.25, -0.2) is 19.2 Å². The predicted octanol–water partition coefficient (Wildman–Crippen LogP) is 5.28. The molecule has 3 fully saturated rings. The van der Waals surface area contributed by atoms with Gasteiger partial charge in [0.25, 0.3) is 0 Å². The van der Waals surface area contributed by atoms with E-state index < -0.39 is 113 Å². The van der Waals surface area contributed by atoms with Crippen molar-refractivity contribution in [3.05, 3.63) is 59.4 Å². The van der Waals surface area contributed by atoms with Gasteiger partial charge in [-0.2, -0.15) is 0 Å². The molecule has 2 amide bonds. The molecule has 16 nitrogen and oxygen atoms in total. The van der Waals surface area contributed by atoms with Crippen LogP contribution in [0.5, 0.6) is 0 Å². The number of ether oxygens (including phenoxy) is 7. The van der Waals surface area contributed by atoms with Gasteiger partial charge in [-0.15, -0.1) is 0 Å². The largest absolute Gasteiger partial charge is 0.487 e. The molecule has 16 heteroatoms. The summed E-state index contributed by atoms with van der Waals surface area (Å²) in [6.45, 7) is 20.8. The summed E-state index contributed by atoms with van der Waals surface area (Å²) in [7, 11) is 4.35. The third-order valence-electron chi connectivity index (χ3n) is 13.1. The lowest BCUT2D eigenvalue weighted by atomic mass is 9.44. The first kappa shape index (κ1) is 48.5. The number of allylic oxidation sites excluding steroid dienone is 1. The van der Waals surface area contributed by atoms with Gasteiger partial charge < -0.3 is 53.6 Å². The fourth-order valence-electron chi connectivity index (χ4n) is 10.0. The second kappa shape index (κ2) is 17.6. The third kappa shape index (κ3) is 8.72. The Morgan fingerprint density at radius 3 is 2.19 bits per heavy atom. The lowest BCUT2D eigenvalue weighted by Gasteiger charge is -2.68. The maximum Gasteiger partial charge on any atom is 0.410 e. The number of carbonyl (C=O) groups excluding carboxylic acids is 5. The van der Waals surface area contributed by atoms with Crippen molar-refractivity contribution < 1.29 is 67.3 Å². The number of hydrogen-bond acceptors (Lipinski definition) is 14. The molecule has 0 spiro atoms. The maximum atomic E-state index is 15.9. The molecular weight excluding hydrogens is 805 g/mol. The number of aliphatic hydroxyl groups excluding tert-OH is 1. The number of benzene rings is 1. The first-order valence-corrected chi connectivity index (χ1v) is 21.1. The minimum atomic E-state index is -2.26. The smallest absolute Gasteiger partial charge is 0.410 e. The summed E-state index contributed by atoms with van der Waals surface area (Å²) in [6.07, 6.45) is -10.2. The summed E-state index contributed by atoms with van der Waals surface area (Å²) < 4.78 is 43.1. The zero-order chi connectivity index (χ0) is 46.5. The maximum absolute atomic E-state index is 15.9. The summed E-state index contributed by atoms with van der Waals surface area (Å²) in [5, 5.41) is 28.1. The summed E-state index contributed by atoms with van der Waals surface area (Å²) in [4.78, 5) is 72.3. The average Bonchev–Trinajstić information content (AvgIpc) is 3.16. The van der Waals surface area contributed by atoms with Crippen LogP contribution in [0.3, 0.4) is 0 Å². The van der Waals surface area contributed by atoms with Gasteiger partial charge in [0.05, 0.1) is 41.4 Å². The summed E-state index contributed by atoms with van der Waals surface area (Å²) >= 11 is 0. The first-order valence-electron chi connectivity index (χ1n) is 21.1. The Bertz CT molecular complexity index is 1940. The van der Waals surface area contributed by atoms with Crippen LogP contribution in [-0.4, -0.2) is 132 Å². The Morgan fingerprint density at radius 1 is 1.05 bits per heavy atom. The molecule has 344 valence electrons. The highest BCUT2D eigenvalue weighted by Crippen LogP contribution is 2.65. The lowest BCUT2D eigenvalue weighted by Crippen LogP contribution is -2.81. The number of Topliss-reactive ketones (excluding diaryl/α,β-unsaturated/α-hetero) is 1. The number of nitrogens with one attached hydrogen (secondary N) is 1. The fraction of sp³-hybridized carbons (Fsp3) is 0.674. The monoisotopic (exact) mass is 870 g/mol. The molecule has 4 aliphatic rings. The van der Waals surface area contributed by atoms with Crippen LogP contribution in [0.15, 0.2) is 53.8 Å². The molecule has 0 unspecified atom stereocenters. The number of hydrogen-bond donors (Lipinski definition) is 3. The number of alkyl carbamates (subject to hydrolysis) is 1. The molecule has 62 heavy (non-hydrogen) atoms. The van der Waals surface area contributed by atoms with Gasteiger partial charge in [0.2, 0.25) is 0 Å². The molecule has 11 atom stereocenters. The zero-order valence-electron chi connectivity index (χ0n) is 38.4. The van der Waals surface area contributed by atoms with E-state index in [9.17, 15) is 29.4 Å². The molecule has 1 heterocycles. The Labute approximate surface area is 364 Å². The highest BCUT2D eigenvalue weighted by Gasteiger charge is 2.78. The van der Waals surface area contributed by atoms with E-state index in [1.807, 2.05) is 13.8 Å². The molecule has 2 bridgehead atoms. The van der Waals surface area contributed by atoms with Crippen LogP contribution in [-0.2, 0) is 42.7 Å². The van der Waals surface area contributed by atoms with E-state index in [-0.39, 0.29) is 47.8 Å². The molecule has 0 radical (unpaired) electrons. The summed E-state index contributed by atoms with van der Waals surface area (Å²) in [5.41, 5.74) is -7.38. The number of carbonyl (C=O) groups is 5. The topological polar surface area (TPSA) is 206 Å². The number of nitrogens with zero attached hydrogens (tertiary/aromatic N) is 1. The SMILES string of the molecule is C=C(C)O[C@@]12CO[C@@H]1C[C@H](OC)[C@@]1(C)C(=O)[C@H](OC(=O)N(C)C)C3=C(C)[C@@H](OC(=O)[C@H](O)[C@H](CC(C)C)NC(=O)OC(C)(C)C)C[C@@](O)([C@@H](OC(=O)c4ccccc4)[C@H]21)C3(C)C. The van der Waals surface area contributed by atoms with Gasteiger partial charge >= 0.3 is 24.1 Å². The van der Waals surface area contributed by atoms with Gasteiger partial charge in [0.15, 0.2) is 23.6 Å². The lowest BCUT2D eigenvalue weighted by molar-refractivity contribution is -0.349. The Morgan fingerprint density at radius 2 is 1.68 bits per heavy atom. The van der Waals surface area contributed by atoms with E-state index in [0.717, 1.165) is 4.90 Å². The number of rotatable bonds is 12. The molecule has 1 aromatic carbocycles. The van der Waals surface area contributed by atoms with Crippen molar-refractivity contribution in [2.75, 3.05) is 27.8 Å². The number of amides is 2. The van der Waals surface area contributed by atoms with Crippen LogP contribution in [0.25, 0.3) is 0 Å². The van der Waals surface area contributed by atoms with Crippen molar-refractivity contribution in [3.63, 3.8) is 0 Å². The fourth-order valence-corrected chi connectivity index (χ4v) is 10.0. The molecule has 3 aliphatic carbocycles. The normalized spacial score (nSPS) is 32.3. The molecule has 3 N–H and O–H groups in total. The van der Waals surface area contributed by atoms with Crippen molar-refractivity contribution in [1.82, 2.24) is 10.2 Å². The minimum absolute atomic E-state index is 0.0965. The van der Waals surface area contributed by atoms with Gasteiger partial charge in [0.1, 0.15) is 29.5 Å². The average molecular weight is 871 g/mol. The Hall–Kier alpha value is -4.51. The van der Waals surface area contributed by atoms with Crippen molar-refractivity contribution in [2.45, 2.75) is 148 Å². The van der Waals surface area contributed by atoms with E-state index in [1.165, 1.54) is 21.2 Å². The second-order valence-corrected chi connectivity index (χ2v) is 19.6. The quantitative estimate of drug-likeness (QED) is 0.106. The number of fused-ring (bicyclic) bond motifs is 5. The van der Waals surface area contributed by atoms with Crippen LogP contribution >= 0.6 is 0 Å². The highest BCUT2D eigenvalue weighted by molar-refractivity contribution is 5.95. The predicted molar refractivity (Wildman–Crippen MR) is 225 cm³/mol. The molecule has 1 saturated heterocycles. The minimum Gasteiger partial charge on any atom is -0.487 e. The van der Waals surface area contributed by atoms with Crippen molar-refractivity contribution in [2.24, 2.45) is 22.7 Å². The van der Waals surface area contributed by atoms with E-state index in [1.54, 1.807) is 85.7 Å². The molecular formula is C46H66N2O14. The standard InChI is InChI=1S/C46H66N2O14/c1-24(2)20-28(47-40(53)62-42(6,7)8)33(49)39(52)58-29-22-46(55)37(60-38(51)27-18-16-15-17-19-27)35-44(11,30(56-14)21-31-45(35,23-57-31)61-25(3)4)36(50)34(59-41(54)48(12)13)32(26(29)5)43(46,9)10/h15-19,24,28-31,33-35,37,49,55H,3,20-23H2,1-2,4-14H3,(H,47,53)/t28-,29-,30-,31+,33+,34+,35-,37-,44+,45-,46+/m0/s1. The number of esters is 2. The van der Waals surface area contributed by atoms with Crippen molar-refractivity contribution in [3.8, 4) is 0 Å². The second-order valence-electron chi connectivity index (χ2n) is 19.6. The van der Waals surface area contributed by atoms with Crippen molar-refractivity contribution >= 4 is 29.9 Å². The number of methoxy groups -OCH3 is 1. The van der Waals surface area contributed by atoms with E-state index in [2.05, 4.69) is 11.9 Å². The van der Waals surface area contributed by atoms with Gasteiger partial charge in [0, 0.05) is 39.5 Å². The molecule has 5 rings (SSSR count). The highest BCUT2D eigenvalue weighted by atomic mass is 16.6.